The maximum atomic E-state index is 12.9. The number of hydrogen-bond donors (Lipinski definition) is 1. The Morgan fingerprint density at radius 3 is 2.54 bits per heavy atom. The molecule has 0 radical (unpaired) electrons. The predicted octanol–water partition coefficient (Wildman–Crippen LogP) is 5.90. The van der Waals surface area contributed by atoms with E-state index in [1.165, 1.54) is 12.1 Å². The zero-order chi connectivity index (χ0) is 19.8. The molecule has 4 nitrogen and oxygen atoms in total. The lowest BCUT2D eigenvalue weighted by Crippen LogP contribution is -2.01. The van der Waals surface area contributed by atoms with E-state index in [2.05, 4.69) is 10.5 Å². The molecule has 0 heterocycles. The molecule has 28 heavy (non-hydrogen) atoms. The Bertz CT molecular complexity index is 946. The number of nitrogens with one attached hydrogen (secondary N) is 1. The van der Waals surface area contributed by atoms with Crippen LogP contribution in [-0.2, 0) is 6.61 Å². The Labute approximate surface area is 168 Å². The Balaban J connectivity index is 1.68. The molecule has 0 bridgehead atoms. The number of benzene rings is 3. The first kappa shape index (κ1) is 19.7. The van der Waals surface area contributed by atoms with Crippen molar-refractivity contribution in [3.05, 3.63) is 88.7 Å². The maximum absolute atomic E-state index is 12.9. The summed E-state index contributed by atoms with van der Waals surface area (Å²) in [5.41, 5.74) is 5.29. The van der Waals surface area contributed by atoms with Gasteiger partial charge in [0.05, 0.1) is 18.5 Å². The Morgan fingerprint density at radius 1 is 1.00 bits per heavy atom. The fraction of sp³-hybridized carbons (Fsp3) is 0.136. The smallest absolute Gasteiger partial charge is 0.161 e. The summed E-state index contributed by atoms with van der Waals surface area (Å²) >= 11 is 6.18. The molecule has 1 N–H and O–H groups in total. The molecule has 3 aromatic carbocycles. The van der Waals surface area contributed by atoms with Crippen molar-refractivity contribution in [2.75, 3.05) is 12.0 Å². The summed E-state index contributed by atoms with van der Waals surface area (Å²) in [7, 11) is 0. The van der Waals surface area contributed by atoms with Gasteiger partial charge in [-0.2, -0.15) is 5.10 Å². The molecule has 0 aliphatic rings. The second-order valence-corrected chi connectivity index (χ2v) is 6.30. The van der Waals surface area contributed by atoms with Crippen LogP contribution in [0.3, 0.4) is 0 Å². The minimum Gasteiger partial charge on any atom is -0.490 e. The number of hydrazone groups is 1. The highest BCUT2D eigenvalue weighted by Crippen LogP contribution is 2.29. The van der Waals surface area contributed by atoms with Crippen molar-refractivity contribution in [2.24, 2.45) is 5.10 Å². The minimum atomic E-state index is -0.289. The third-order valence-electron chi connectivity index (χ3n) is 3.86. The van der Waals surface area contributed by atoms with Gasteiger partial charge in [-0.25, -0.2) is 4.39 Å². The second-order valence-electron chi connectivity index (χ2n) is 5.90. The van der Waals surface area contributed by atoms with Crippen molar-refractivity contribution in [3.8, 4) is 11.5 Å². The summed E-state index contributed by atoms with van der Waals surface area (Å²) in [6.07, 6.45) is 1.66. The first-order chi connectivity index (χ1) is 13.7. The fourth-order valence-electron chi connectivity index (χ4n) is 2.47. The Kier molecular flexibility index (Phi) is 6.87. The van der Waals surface area contributed by atoms with Gasteiger partial charge in [0.2, 0.25) is 0 Å². The number of hydrogen-bond acceptors (Lipinski definition) is 4. The summed E-state index contributed by atoms with van der Waals surface area (Å²) in [6, 6.07) is 19.1. The van der Waals surface area contributed by atoms with E-state index in [4.69, 9.17) is 21.1 Å². The normalized spacial score (nSPS) is 10.8. The van der Waals surface area contributed by atoms with E-state index in [9.17, 15) is 4.39 Å². The molecule has 0 spiro atoms. The standard InChI is InChI=1S/C22H20ClFN2O2/c1-2-27-22-13-16(14-25-26-19-10-8-18(24)9-11-19)7-12-21(22)28-15-17-5-3-4-6-20(17)23/h3-14,26H,2,15H2,1H3/b25-14+. The van der Waals surface area contributed by atoms with Gasteiger partial charge in [-0.1, -0.05) is 29.8 Å². The van der Waals surface area contributed by atoms with Gasteiger partial charge in [-0.3, -0.25) is 5.43 Å². The summed E-state index contributed by atoms with van der Waals surface area (Å²) in [5, 5.41) is 4.83. The average molecular weight is 399 g/mol. The lowest BCUT2D eigenvalue weighted by atomic mass is 10.2. The number of rotatable bonds is 8. The summed E-state index contributed by atoms with van der Waals surface area (Å²) < 4.78 is 24.5. The first-order valence-corrected chi connectivity index (χ1v) is 9.21. The highest BCUT2D eigenvalue weighted by molar-refractivity contribution is 6.31. The van der Waals surface area contributed by atoms with Gasteiger partial charge in [0, 0.05) is 10.6 Å². The Hall–Kier alpha value is -3.05. The molecule has 0 amide bonds. The molecule has 0 unspecified atom stereocenters. The van der Waals surface area contributed by atoms with E-state index in [0.29, 0.717) is 35.4 Å². The van der Waals surface area contributed by atoms with Crippen LogP contribution in [0.2, 0.25) is 5.02 Å². The van der Waals surface area contributed by atoms with Crippen LogP contribution < -0.4 is 14.9 Å². The summed E-state index contributed by atoms with van der Waals surface area (Å²) in [6.45, 7) is 2.77. The van der Waals surface area contributed by atoms with E-state index in [-0.39, 0.29) is 5.82 Å². The molecule has 144 valence electrons. The van der Waals surface area contributed by atoms with Crippen LogP contribution in [0.4, 0.5) is 10.1 Å². The van der Waals surface area contributed by atoms with Crippen molar-refractivity contribution in [1.29, 1.82) is 0 Å². The van der Waals surface area contributed by atoms with Crippen molar-refractivity contribution >= 4 is 23.5 Å². The van der Waals surface area contributed by atoms with Crippen molar-refractivity contribution in [3.63, 3.8) is 0 Å². The fourth-order valence-corrected chi connectivity index (χ4v) is 2.66. The van der Waals surface area contributed by atoms with Crippen molar-refractivity contribution < 1.29 is 13.9 Å². The molecule has 0 fully saturated rings. The van der Waals surface area contributed by atoms with Gasteiger partial charge in [0.1, 0.15) is 12.4 Å². The van der Waals surface area contributed by atoms with Crippen LogP contribution in [0.25, 0.3) is 0 Å². The van der Waals surface area contributed by atoms with Crippen LogP contribution in [-0.4, -0.2) is 12.8 Å². The largest absolute Gasteiger partial charge is 0.490 e. The zero-order valence-corrected chi connectivity index (χ0v) is 16.1. The summed E-state index contributed by atoms with van der Waals surface area (Å²) in [5.74, 6) is 0.967. The predicted molar refractivity (Wildman–Crippen MR) is 111 cm³/mol. The number of anilines is 1. The van der Waals surface area contributed by atoms with E-state index in [0.717, 1.165) is 11.1 Å². The molecular formula is C22H20ClFN2O2. The topological polar surface area (TPSA) is 42.8 Å². The van der Waals surface area contributed by atoms with E-state index >= 15 is 0 Å². The molecule has 0 aromatic heterocycles. The number of ether oxygens (including phenoxy) is 2. The van der Waals surface area contributed by atoms with Crippen LogP contribution in [0.5, 0.6) is 11.5 Å². The quantitative estimate of drug-likeness (QED) is 0.379. The van der Waals surface area contributed by atoms with Gasteiger partial charge < -0.3 is 9.47 Å². The lowest BCUT2D eigenvalue weighted by molar-refractivity contribution is 0.269. The molecule has 6 heteroatoms. The van der Waals surface area contributed by atoms with Gasteiger partial charge in [-0.15, -0.1) is 0 Å². The third-order valence-corrected chi connectivity index (χ3v) is 4.23. The molecule has 0 aliphatic heterocycles. The Morgan fingerprint density at radius 2 is 1.79 bits per heavy atom. The molecular weight excluding hydrogens is 379 g/mol. The highest BCUT2D eigenvalue weighted by atomic mass is 35.5. The first-order valence-electron chi connectivity index (χ1n) is 8.83. The third kappa shape index (κ3) is 5.47. The van der Waals surface area contributed by atoms with Crippen LogP contribution >= 0.6 is 11.6 Å². The molecule has 3 rings (SSSR count). The molecule has 0 atom stereocenters. The minimum absolute atomic E-state index is 0.289. The number of halogens is 2. The average Bonchev–Trinajstić information content (AvgIpc) is 2.70. The van der Waals surface area contributed by atoms with Gasteiger partial charge in [0.25, 0.3) is 0 Å². The summed E-state index contributed by atoms with van der Waals surface area (Å²) in [4.78, 5) is 0. The SMILES string of the molecule is CCOc1cc(/C=N/Nc2ccc(F)cc2)ccc1OCc1ccccc1Cl. The lowest BCUT2D eigenvalue weighted by Gasteiger charge is -2.13. The van der Waals surface area contributed by atoms with E-state index in [1.54, 1.807) is 18.3 Å². The van der Waals surface area contributed by atoms with Gasteiger partial charge >= 0.3 is 0 Å². The van der Waals surface area contributed by atoms with Gasteiger partial charge in [0.15, 0.2) is 11.5 Å². The molecule has 0 saturated carbocycles. The van der Waals surface area contributed by atoms with Crippen LogP contribution in [0.1, 0.15) is 18.1 Å². The maximum Gasteiger partial charge on any atom is 0.161 e. The second kappa shape index (κ2) is 9.76. The molecule has 3 aromatic rings. The van der Waals surface area contributed by atoms with Crippen molar-refractivity contribution in [1.82, 2.24) is 0 Å². The molecule has 0 aliphatic carbocycles. The van der Waals surface area contributed by atoms with Crippen LogP contribution in [0, 0.1) is 5.82 Å². The van der Waals surface area contributed by atoms with E-state index < -0.39 is 0 Å². The van der Waals surface area contributed by atoms with E-state index in [1.807, 2.05) is 49.4 Å². The van der Waals surface area contributed by atoms with Gasteiger partial charge in [-0.05, 0) is 61.0 Å². The highest BCUT2D eigenvalue weighted by Gasteiger charge is 2.08. The van der Waals surface area contributed by atoms with Crippen LogP contribution in [0.15, 0.2) is 71.8 Å². The van der Waals surface area contributed by atoms with Crippen molar-refractivity contribution in [2.45, 2.75) is 13.5 Å². The monoisotopic (exact) mass is 398 g/mol. The molecule has 0 saturated heterocycles. The zero-order valence-electron chi connectivity index (χ0n) is 15.4. The number of nitrogens with zero attached hydrogens (tertiary/aromatic N) is 1.